The molecular formula is C8H17NS. The third kappa shape index (κ3) is 8.02. The van der Waals surface area contributed by atoms with Crippen LogP contribution in [-0.2, 0) is 0 Å². The zero-order valence-electron chi connectivity index (χ0n) is 6.94. The van der Waals surface area contributed by atoms with Gasteiger partial charge in [0.25, 0.3) is 0 Å². The van der Waals surface area contributed by atoms with Crippen LogP contribution in [0.5, 0.6) is 0 Å². The van der Waals surface area contributed by atoms with Crippen LogP contribution in [0.4, 0.5) is 0 Å². The van der Waals surface area contributed by atoms with Crippen LogP contribution >= 0.6 is 11.8 Å². The van der Waals surface area contributed by atoms with Crippen LogP contribution in [0, 0.1) is 5.41 Å². The first-order chi connectivity index (χ1) is 4.77. The van der Waals surface area contributed by atoms with E-state index in [1.807, 2.05) is 6.92 Å². The molecule has 0 aliphatic carbocycles. The number of thioether (sulfide) groups is 1. The van der Waals surface area contributed by atoms with Crippen molar-refractivity contribution in [1.29, 1.82) is 5.41 Å². The Morgan fingerprint density at radius 3 is 2.50 bits per heavy atom. The minimum atomic E-state index is 0.747. The maximum atomic E-state index is 7.14. The van der Waals surface area contributed by atoms with Crippen LogP contribution in [0.15, 0.2) is 0 Å². The van der Waals surface area contributed by atoms with Gasteiger partial charge in [-0.25, -0.2) is 0 Å². The number of hydrogen-bond donors (Lipinski definition) is 1. The highest BCUT2D eigenvalue weighted by atomic mass is 32.2. The minimum Gasteiger partial charge on any atom is -0.299 e. The number of nitrogens with one attached hydrogen (secondary N) is 1. The van der Waals surface area contributed by atoms with E-state index in [1.54, 1.807) is 11.8 Å². The predicted molar refractivity (Wildman–Crippen MR) is 50.0 cm³/mol. The molecule has 10 heavy (non-hydrogen) atoms. The van der Waals surface area contributed by atoms with Crippen molar-refractivity contribution in [3.8, 4) is 0 Å². The Labute approximate surface area is 68.1 Å². The first-order valence-electron chi connectivity index (χ1n) is 3.95. The van der Waals surface area contributed by atoms with Crippen molar-refractivity contribution in [1.82, 2.24) is 0 Å². The van der Waals surface area contributed by atoms with Crippen LogP contribution in [0.3, 0.4) is 0 Å². The second-order valence-corrected chi connectivity index (χ2v) is 3.77. The van der Waals surface area contributed by atoms with Crippen molar-refractivity contribution >= 4 is 16.8 Å². The summed E-state index contributed by atoms with van der Waals surface area (Å²) >= 11 is 1.67. The molecule has 0 radical (unpaired) electrons. The highest BCUT2D eigenvalue weighted by Gasteiger charge is 1.89. The average molecular weight is 159 g/mol. The van der Waals surface area contributed by atoms with Crippen LogP contribution in [0.1, 0.15) is 39.5 Å². The summed E-state index contributed by atoms with van der Waals surface area (Å²) in [6.45, 7) is 4.07. The van der Waals surface area contributed by atoms with Gasteiger partial charge in [0.15, 0.2) is 0 Å². The van der Waals surface area contributed by atoms with Gasteiger partial charge < -0.3 is 0 Å². The molecule has 0 aromatic rings. The maximum Gasteiger partial charge on any atom is 0.0610 e. The lowest BCUT2D eigenvalue weighted by Crippen LogP contribution is -1.85. The van der Waals surface area contributed by atoms with E-state index in [4.69, 9.17) is 5.41 Å². The maximum absolute atomic E-state index is 7.14. The molecule has 0 aromatic carbocycles. The van der Waals surface area contributed by atoms with Crippen LogP contribution in [0.2, 0.25) is 0 Å². The van der Waals surface area contributed by atoms with E-state index in [0.717, 1.165) is 10.8 Å². The van der Waals surface area contributed by atoms with Gasteiger partial charge in [-0.2, -0.15) is 0 Å². The van der Waals surface area contributed by atoms with Crippen molar-refractivity contribution < 1.29 is 0 Å². The summed E-state index contributed by atoms with van der Waals surface area (Å²) in [6, 6.07) is 0. The topological polar surface area (TPSA) is 23.9 Å². The van der Waals surface area contributed by atoms with E-state index in [1.165, 1.54) is 25.7 Å². The molecule has 0 heterocycles. The molecule has 0 atom stereocenters. The fourth-order valence-electron chi connectivity index (χ4n) is 0.754. The molecule has 0 bridgehead atoms. The van der Waals surface area contributed by atoms with E-state index in [-0.39, 0.29) is 0 Å². The lowest BCUT2D eigenvalue weighted by Gasteiger charge is -1.97. The molecule has 1 nitrogen and oxygen atoms in total. The molecule has 60 valence electrons. The number of rotatable bonds is 5. The fourth-order valence-corrected chi connectivity index (χ4v) is 1.41. The fraction of sp³-hybridized carbons (Fsp3) is 0.875. The van der Waals surface area contributed by atoms with Crippen molar-refractivity contribution in [3.05, 3.63) is 0 Å². The van der Waals surface area contributed by atoms with Gasteiger partial charge in [0.05, 0.1) is 5.04 Å². The van der Waals surface area contributed by atoms with Crippen LogP contribution in [0.25, 0.3) is 0 Å². The molecule has 0 saturated heterocycles. The third-order valence-corrected chi connectivity index (χ3v) is 2.24. The molecule has 0 fully saturated rings. The monoisotopic (exact) mass is 159 g/mol. The SMILES string of the molecule is CCCCCCSC(C)=N. The summed E-state index contributed by atoms with van der Waals surface area (Å²) in [5, 5.41) is 7.88. The lowest BCUT2D eigenvalue weighted by molar-refractivity contribution is 0.707. The van der Waals surface area contributed by atoms with Gasteiger partial charge in [0.2, 0.25) is 0 Å². The van der Waals surface area contributed by atoms with Gasteiger partial charge in [-0.3, -0.25) is 5.41 Å². The Hall–Kier alpha value is 0.0200. The lowest BCUT2D eigenvalue weighted by atomic mass is 10.2. The molecule has 0 aliphatic heterocycles. The normalized spacial score (nSPS) is 9.80. The average Bonchev–Trinajstić information content (AvgIpc) is 1.87. The summed E-state index contributed by atoms with van der Waals surface area (Å²) in [5.41, 5.74) is 0. The van der Waals surface area contributed by atoms with Crippen molar-refractivity contribution in [2.75, 3.05) is 5.75 Å². The van der Waals surface area contributed by atoms with Gasteiger partial charge in [0.1, 0.15) is 0 Å². The molecule has 0 rings (SSSR count). The second-order valence-electron chi connectivity index (χ2n) is 2.47. The molecule has 0 unspecified atom stereocenters. The molecule has 0 saturated carbocycles. The van der Waals surface area contributed by atoms with E-state index < -0.39 is 0 Å². The Bertz CT molecular complexity index is 91.3. The first-order valence-corrected chi connectivity index (χ1v) is 4.94. The second kappa shape index (κ2) is 7.13. The molecule has 1 N–H and O–H groups in total. The van der Waals surface area contributed by atoms with Gasteiger partial charge in [0, 0.05) is 0 Å². The van der Waals surface area contributed by atoms with Crippen molar-refractivity contribution in [2.45, 2.75) is 39.5 Å². The van der Waals surface area contributed by atoms with Crippen LogP contribution in [-0.4, -0.2) is 10.8 Å². The minimum absolute atomic E-state index is 0.747. The Kier molecular flexibility index (Phi) is 7.15. The molecule has 0 aromatic heterocycles. The standard InChI is InChI=1S/C8H17NS/c1-3-4-5-6-7-10-8(2)9/h9H,3-7H2,1-2H3. The van der Waals surface area contributed by atoms with Gasteiger partial charge in [-0.05, 0) is 19.1 Å². The molecule has 0 amide bonds. The van der Waals surface area contributed by atoms with E-state index in [2.05, 4.69) is 6.92 Å². The quantitative estimate of drug-likeness (QED) is 0.371. The van der Waals surface area contributed by atoms with Crippen molar-refractivity contribution in [3.63, 3.8) is 0 Å². The zero-order chi connectivity index (χ0) is 7.82. The zero-order valence-corrected chi connectivity index (χ0v) is 7.76. The number of hydrogen-bond acceptors (Lipinski definition) is 2. The Morgan fingerprint density at radius 1 is 1.30 bits per heavy atom. The smallest absolute Gasteiger partial charge is 0.0610 e. The summed E-state index contributed by atoms with van der Waals surface area (Å²) < 4.78 is 0. The molecular weight excluding hydrogens is 142 g/mol. The van der Waals surface area contributed by atoms with Gasteiger partial charge in [-0.15, -0.1) is 11.8 Å². The Morgan fingerprint density at radius 2 is 2.00 bits per heavy atom. The summed E-state index contributed by atoms with van der Waals surface area (Å²) in [4.78, 5) is 0. The first kappa shape index (κ1) is 10.0. The van der Waals surface area contributed by atoms with Gasteiger partial charge >= 0.3 is 0 Å². The third-order valence-electron chi connectivity index (χ3n) is 1.32. The van der Waals surface area contributed by atoms with Crippen molar-refractivity contribution in [2.24, 2.45) is 0 Å². The highest BCUT2D eigenvalue weighted by Crippen LogP contribution is 2.07. The molecule has 0 aliphatic rings. The molecule has 2 heteroatoms. The highest BCUT2D eigenvalue weighted by molar-refractivity contribution is 8.13. The van der Waals surface area contributed by atoms with Gasteiger partial charge in [-0.1, -0.05) is 26.2 Å². The van der Waals surface area contributed by atoms with E-state index in [9.17, 15) is 0 Å². The van der Waals surface area contributed by atoms with E-state index >= 15 is 0 Å². The molecule has 0 spiro atoms. The predicted octanol–water partition coefficient (Wildman–Crippen LogP) is 3.30. The largest absolute Gasteiger partial charge is 0.299 e. The summed E-state index contributed by atoms with van der Waals surface area (Å²) in [5.74, 6) is 1.13. The number of unbranched alkanes of at least 4 members (excludes halogenated alkanes) is 3. The van der Waals surface area contributed by atoms with E-state index in [0.29, 0.717) is 0 Å². The summed E-state index contributed by atoms with van der Waals surface area (Å²) in [7, 11) is 0. The Balaban J connectivity index is 2.84. The summed E-state index contributed by atoms with van der Waals surface area (Å²) in [6.07, 6.45) is 5.25. The van der Waals surface area contributed by atoms with Crippen LogP contribution < -0.4 is 0 Å².